The maximum atomic E-state index is 12.3. The first-order valence-electron chi connectivity index (χ1n) is 6.22. The van der Waals surface area contributed by atoms with Crippen molar-refractivity contribution in [3.63, 3.8) is 0 Å². The van der Waals surface area contributed by atoms with E-state index < -0.39 is 10.0 Å². The van der Waals surface area contributed by atoms with Crippen LogP contribution in [0.15, 0.2) is 24.3 Å². The minimum absolute atomic E-state index is 0.272. The maximum Gasteiger partial charge on any atom is 0.218 e. The largest absolute Gasteiger partial charge is 0.315 e. The van der Waals surface area contributed by atoms with Crippen LogP contribution in [0.25, 0.3) is 0 Å². The fourth-order valence-corrected chi connectivity index (χ4v) is 3.83. The van der Waals surface area contributed by atoms with E-state index in [4.69, 9.17) is 0 Å². The van der Waals surface area contributed by atoms with Gasteiger partial charge in [0.05, 0.1) is 5.25 Å². The molecule has 1 saturated heterocycles. The number of hydrogen-bond donors (Lipinski definition) is 1. The lowest BCUT2D eigenvalue weighted by atomic mass is 10.1. The van der Waals surface area contributed by atoms with E-state index in [1.54, 1.807) is 7.05 Å². The van der Waals surface area contributed by atoms with Gasteiger partial charge in [0.15, 0.2) is 0 Å². The van der Waals surface area contributed by atoms with Crippen molar-refractivity contribution in [2.75, 3.05) is 20.1 Å². The summed E-state index contributed by atoms with van der Waals surface area (Å²) in [6.07, 6.45) is 0.709. The van der Waals surface area contributed by atoms with Gasteiger partial charge in [0.1, 0.15) is 0 Å². The zero-order valence-electron chi connectivity index (χ0n) is 10.9. The van der Waals surface area contributed by atoms with Crippen LogP contribution in [0.2, 0.25) is 0 Å². The fourth-order valence-electron chi connectivity index (χ4n) is 2.25. The third-order valence-corrected chi connectivity index (χ3v) is 5.77. The molecule has 1 aromatic carbocycles. The highest BCUT2D eigenvalue weighted by Gasteiger charge is 2.32. The summed E-state index contributed by atoms with van der Waals surface area (Å²) in [4.78, 5) is 0. The Bertz CT molecular complexity index is 507. The Morgan fingerprint density at radius 2 is 2.11 bits per heavy atom. The molecule has 1 N–H and O–H groups in total. The molecule has 1 heterocycles. The molecule has 0 amide bonds. The Morgan fingerprint density at radius 1 is 1.39 bits per heavy atom. The van der Waals surface area contributed by atoms with Crippen molar-refractivity contribution in [2.24, 2.45) is 0 Å². The molecule has 100 valence electrons. The van der Waals surface area contributed by atoms with Gasteiger partial charge in [-0.25, -0.2) is 12.7 Å². The molecule has 0 bridgehead atoms. The summed E-state index contributed by atoms with van der Waals surface area (Å²) >= 11 is 0. The summed E-state index contributed by atoms with van der Waals surface area (Å²) in [5.41, 5.74) is 2.19. The monoisotopic (exact) mass is 268 g/mol. The first-order chi connectivity index (χ1) is 8.51. The lowest BCUT2D eigenvalue weighted by Gasteiger charge is -2.21. The van der Waals surface area contributed by atoms with Crippen molar-refractivity contribution < 1.29 is 8.42 Å². The van der Waals surface area contributed by atoms with Crippen molar-refractivity contribution in [1.29, 1.82) is 0 Å². The molecule has 1 unspecified atom stereocenters. The number of hydrogen-bond acceptors (Lipinski definition) is 3. The van der Waals surface area contributed by atoms with Crippen LogP contribution in [0.5, 0.6) is 0 Å². The van der Waals surface area contributed by atoms with Crippen molar-refractivity contribution in [1.82, 2.24) is 9.62 Å². The minimum atomic E-state index is -3.18. The SMILES string of the molecule is Cc1ccccc1CN(C)S(=O)(=O)C1CCNC1. The van der Waals surface area contributed by atoms with E-state index in [1.807, 2.05) is 31.2 Å². The average Bonchev–Trinajstić information content (AvgIpc) is 2.86. The van der Waals surface area contributed by atoms with Gasteiger partial charge in [0, 0.05) is 20.1 Å². The van der Waals surface area contributed by atoms with Gasteiger partial charge in [-0.2, -0.15) is 0 Å². The molecule has 0 aromatic heterocycles. The zero-order valence-corrected chi connectivity index (χ0v) is 11.7. The molecule has 4 nitrogen and oxygen atoms in total. The Kier molecular flexibility index (Phi) is 4.04. The van der Waals surface area contributed by atoms with Gasteiger partial charge in [-0.1, -0.05) is 24.3 Å². The number of benzene rings is 1. The fraction of sp³-hybridized carbons (Fsp3) is 0.538. The average molecular weight is 268 g/mol. The third kappa shape index (κ3) is 2.74. The van der Waals surface area contributed by atoms with Crippen molar-refractivity contribution in [2.45, 2.75) is 25.1 Å². The molecule has 5 heteroatoms. The highest BCUT2D eigenvalue weighted by Crippen LogP contribution is 2.17. The molecule has 18 heavy (non-hydrogen) atoms. The third-order valence-electron chi connectivity index (χ3n) is 3.53. The van der Waals surface area contributed by atoms with E-state index in [0.717, 1.165) is 17.7 Å². The number of aryl methyl sites for hydroxylation is 1. The van der Waals surface area contributed by atoms with Gasteiger partial charge in [-0.15, -0.1) is 0 Å². The van der Waals surface area contributed by atoms with Crippen LogP contribution in [-0.2, 0) is 16.6 Å². The second-order valence-corrected chi connectivity index (χ2v) is 7.16. The predicted molar refractivity (Wildman–Crippen MR) is 72.8 cm³/mol. The molecular weight excluding hydrogens is 248 g/mol. The smallest absolute Gasteiger partial charge is 0.218 e. The number of nitrogens with zero attached hydrogens (tertiary/aromatic N) is 1. The number of rotatable bonds is 4. The van der Waals surface area contributed by atoms with Crippen molar-refractivity contribution in [3.8, 4) is 0 Å². The standard InChI is InChI=1S/C13H20N2O2S/c1-11-5-3-4-6-12(11)10-15(2)18(16,17)13-7-8-14-9-13/h3-6,13-14H,7-10H2,1-2H3. The summed E-state index contributed by atoms with van der Waals surface area (Å²) in [6, 6.07) is 7.90. The first kappa shape index (κ1) is 13.5. The lowest BCUT2D eigenvalue weighted by Crippen LogP contribution is -2.37. The Balaban J connectivity index is 2.12. The zero-order chi connectivity index (χ0) is 13.2. The second-order valence-electron chi connectivity index (χ2n) is 4.84. The van der Waals surface area contributed by atoms with Crippen LogP contribution < -0.4 is 5.32 Å². The van der Waals surface area contributed by atoms with E-state index in [-0.39, 0.29) is 5.25 Å². The molecule has 1 aliphatic rings. The van der Waals surface area contributed by atoms with Gasteiger partial charge in [-0.05, 0) is 31.0 Å². The topological polar surface area (TPSA) is 49.4 Å². The quantitative estimate of drug-likeness (QED) is 0.890. The van der Waals surface area contributed by atoms with Gasteiger partial charge in [0.25, 0.3) is 0 Å². The highest BCUT2D eigenvalue weighted by atomic mass is 32.2. The Hall–Kier alpha value is -0.910. The Labute approximate surface area is 109 Å². The van der Waals surface area contributed by atoms with Gasteiger partial charge in [-0.3, -0.25) is 0 Å². The van der Waals surface area contributed by atoms with Crippen molar-refractivity contribution >= 4 is 10.0 Å². The second kappa shape index (κ2) is 5.38. The van der Waals surface area contributed by atoms with Crippen LogP contribution >= 0.6 is 0 Å². The Morgan fingerprint density at radius 3 is 2.72 bits per heavy atom. The number of nitrogens with one attached hydrogen (secondary N) is 1. The highest BCUT2D eigenvalue weighted by molar-refractivity contribution is 7.89. The summed E-state index contributed by atoms with van der Waals surface area (Å²) in [7, 11) is -1.52. The van der Waals surface area contributed by atoms with Crippen LogP contribution in [0, 0.1) is 6.92 Å². The molecule has 0 saturated carbocycles. The predicted octanol–water partition coefficient (Wildman–Crippen LogP) is 1.12. The molecular formula is C13H20N2O2S. The molecule has 1 fully saturated rings. The molecule has 0 aliphatic carbocycles. The molecule has 1 atom stereocenters. The van der Waals surface area contributed by atoms with Crippen LogP contribution in [-0.4, -0.2) is 38.1 Å². The maximum absolute atomic E-state index is 12.3. The molecule has 0 spiro atoms. The van der Waals surface area contributed by atoms with Crippen LogP contribution in [0.4, 0.5) is 0 Å². The van der Waals surface area contributed by atoms with E-state index in [2.05, 4.69) is 5.32 Å². The number of sulfonamides is 1. The molecule has 1 aliphatic heterocycles. The van der Waals surface area contributed by atoms with Crippen molar-refractivity contribution in [3.05, 3.63) is 35.4 Å². The lowest BCUT2D eigenvalue weighted by molar-refractivity contribution is 0.456. The van der Waals surface area contributed by atoms with E-state index in [0.29, 0.717) is 19.5 Å². The van der Waals surface area contributed by atoms with Crippen LogP contribution in [0.1, 0.15) is 17.5 Å². The van der Waals surface area contributed by atoms with Gasteiger partial charge < -0.3 is 5.32 Å². The summed E-state index contributed by atoms with van der Waals surface area (Å²) < 4.78 is 26.1. The van der Waals surface area contributed by atoms with Gasteiger partial charge in [0.2, 0.25) is 10.0 Å². The first-order valence-corrected chi connectivity index (χ1v) is 7.72. The minimum Gasteiger partial charge on any atom is -0.315 e. The molecule has 2 rings (SSSR count). The summed E-state index contributed by atoms with van der Waals surface area (Å²) in [5.74, 6) is 0. The molecule has 1 aromatic rings. The molecule has 0 radical (unpaired) electrons. The normalized spacial score (nSPS) is 20.5. The summed E-state index contributed by atoms with van der Waals surface area (Å²) in [5, 5.41) is 2.83. The van der Waals surface area contributed by atoms with Crippen LogP contribution in [0.3, 0.4) is 0 Å². The van der Waals surface area contributed by atoms with Gasteiger partial charge >= 0.3 is 0 Å². The van der Waals surface area contributed by atoms with E-state index in [9.17, 15) is 8.42 Å². The summed E-state index contributed by atoms with van der Waals surface area (Å²) in [6.45, 7) is 3.82. The van der Waals surface area contributed by atoms with E-state index in [1.165, 1.54) is 4.31 Å². The van der Waals surface area contributed by atoms with E-state index >= 15 is 0 Å².